The first-order valence-electron chi connectivity index (χ1n) is 6.99. The summed E-state index contributed by atoms with van der Waals surface area (Å²) in [5.74, 6) is -2.69. The van der Waals surface area contributed by atoms with Gasteiger partial charge < -0.3 is 9.31 Å². The van der Waals surface area contributed by atoms with Crippen molar-refractivity contribution in [3.05, 3.63) is 29.3 Å². The van der Waals surface area contributed by atoms with E-state index >= 15 is 0 Å². The van der Waals surface area contributed by atoms with Crippen LogP contribution in [-0.2, 0) is 21.7 Å². The first kappa shape index (κ1) is 14.0. The van der Waals surface area contributed by atoms with E-state index < -0.39 is 24.2 Å². The molecule has 0 bridgehead atoms. The molecule has 0 amide bonds. The summed E-state index contributed by atoms with van der Waals surface area (Å²) < 4.78 is 39.2. The Morgan fingerprint density at radius 3 is 2.25 bits per heavy atom. The number of halogens is 2. The molecule has 0 atom stereocenters. The molecule has 1 aliphatic heterocycles. The topological polar surface area (TPSA) is 18.5 Å². The predicted octanol–water partition coefficient (Wildman–Crippen LogP) is 3.02. The van der Waals surface area contributed by atoms with Gasteiger partial charge in [0.05, 0.1) is 11.2 Å². The normalized spacial score (nSPS) is 25.8. The maximum atomic E-state index is 13.6. The Hall–Kier alpha value is -0.935. The lowest BCUT2D eigenvalue weighted by atomic mass is 9.78. The van der Waals surface area contributed by atoms with E-state index in [4.69, 9.17) is 9.31 Å². The van der Waals surface area contributed by atoms with Crippen LogP contribution < -0.4 is 5.46 Å². The Labute approximate surface area is 118 Å². The Morgan fingerprint density at radius 1 is 1.05 bits per heavy atom. The molecule has 0 saturated carbocycles. The largest absolute Gasteiger partial charge is 0.494 e. The molecule has 0 spiro atoms. The van der Waals surface area contributed by atoms with Crippen LogP contribution in [0.15, 0.2) is 18.2 Å². The van der Waals surface area contributed by atoms with Crippen molar-refractivity contribution >= 4 is 12.6 Å². The lowest BCUT2D eigenvalue weighted by Gasteiger charge is -2.32. The summed E-state index contributed by atoms with van der Waals surface area (Å²) in [5, 5.41) is 0. The van der Waals surface area contributed by atoms with Crippen molar-refractivity contribution in [3.63, 3.8) is 0 Å². The third-order valence-corrected chi connectivity index (χ3v) is 4.76. The van der Waals surface area contributed by atoms with Gasteiger partial charge in [0.1, 0.15) is 0 Å². The molecule has 1 aliphatic carbocycles. The minimum Gasteiger partial charge on any atom is -0.399 e. The average Bonchev–Trinajstić information content (AvgIpc) is 2.74. The lowest BCUT2D eigenvalue weighted by molar-refractivity contribution is -0.00183. The van der Waals surface area contributed by atoms with Crippen LogP contribution in [-0.4, -0.2) is 18.3 Å². The smallest absolute Gasteiger partial charge is 0.399 e. The van der Waals surface area contributed by atoms with Crippen molar-refractivity contribution in [2.24, 2.45) is 0 Å². The van der Waals surface area contributed by atoms with Crippen molar-refractivity contribution in [2.75, 3.05) is 0 Å². The summed E-state index contributed by atoms with van der Waals surface area (Å²) in [4.78, 5) is 0. The van der Waals surface area contributed by atoms with Crippen LogP contribution >= 0.6 is 0 Å². The first-order chi connectivity index (χ1) is 9.12. The van der Waals surface area contributed by atoms with Crippen LogP contribution in [0.1, 0.15) is 45.2 Å². The van der Waals surface area contributed by atoms with E-state index in [0.717, 1.165) is 5.46 Å². The molecule has 0 radical (unpaired) electrons. The lowest BCUT2D eigenvalue weighted by Crippen LogP contribution is -2.41. The third-order valence-electron chi connectivity index (χ3n) is 4.76. The quantitative estimate of drug-likeness (QED) is 0.736. The SMILES string of the molecule is CC1(C)OB(c2ccc3c(c2)CCC3(F)F)OC1(C)C. The second-order valence-corrected chi connectivity index (χ2v) is 6.71. The number of rotatable bonds is 1. The van der Waals surface area contributed by atoms with Gasteiger partial charge >= 0.3 is 7.12 Å². The molecule has 0 aromatic heterocycles. The molecular weight excluding hydrogens is 261 g/mol. The van der Waals surface area contributed by atoms with Crippen LogP contribution in [0, 0.1) is 0 Å². The Balaban J connectivity index is 1.91. The molecule has 2 aliphatic rings. The highest BCUT2D eigenvalue weighted by molar-refractivity contribution is 6.62. The molecule has 1 fully saturated rings. The van der Waals surface area contributed by atoms with Gasteiger partial charge in [-0.2, -0.15) is 0 Å². The second kappa shape index (κ2) is 4.04. The van der Waals surface area contributed by atoms with Crippen LogP contribution in [0.5, 0.6) is 0 Å². The van der Waals surface area contributed by atoms with Gasteiger partial charge in [-0.3, -0.25) is 0 Å². The highest BCUT2D eigenvalue weighted by Gasteiger charge is 2.52. The van der Waals surface area contributed by atoms with Gasteiger partial charge in [0, 0.05) is 12.0 Å². The predicted molar refractivity (Wildman–Crippen MR) is 74.4 cm³/mol. The van der Waals surface area contributed by atoms with Gasteiger partial charge in [-0.25, -0.2) is 8.78 Å². The fourth-order valence-electron chi connectivity index (χ4n) is 2.73. The zero-order valence-corrected chi connectivity index (χ0v) is 12.3. The van der Waals surface area contributed by atoms with Crippen molar-refractivity contribution in [3.8, 4) is 0 Å². The van der Waals surface area contributed by atoms with E-state index in [0.29, 0.717) is 12.0 Å². The van der Waals surface area contributed by atoms with Gasteiger partial charge in [-0.1, -0.05) is 18.2 Å². The van der Waals surface area contributed by atoms with Gasteiger partial charge in [-0.05, 0) is 45.1 Å². The average molecular weight is 280 g/mol. The van der Waals surface area contributed by atoms with E-state index in [1.807, 2.05) is 27.7 Å². The minimum absolute atomic E-state index is 0.102. The second-order valence-electron chi connectivity index (χ2n) is 6.71. The van der Waals surface area contributed by atoms with Crippen LogP contribution in [0.2, 0.25) is 0 Å². The van der Waals surface area contributed by atoms with Crippen LogP contribution in [0.25, 0.3) is 0 Å². The van der Waals surface area contributed by atoms with Crippen LogP contribution in [0.3, 0.4) is 0 Å². The van der Waals surface area contributed by atoms with Gasteiger partial charge in [-0.15, -0.1) is 0 Å². The van der Waals surface area contributed by atoms with Crippen LogP contribution in [0.4, 0.5) is 8.78 Å². The van der Waals surface area contributed by atoms with Gasteiger partial charge in [0.25, 0.3) is 5.92 Å². The molecule has 2 nitrogen and oxygen atoms in total. The van der Waals surface area contributed by atoms with E-state index in [-0.39, 0.29) is 12.0 Å². The Bertz CT molecular complexity index is 539. The van der Waals surface area contributed by atoms with Crippen molar-refractivity contribution in [1.29, 1.82) is 0 Å². The summed E-state index contributed by atoms with van der Waals surface area (Å²) in [6.45, 7) is 7.92. The minimum atomic E-state index is -2.69. The maximum absolute atomic E-state index is 13.6. The van der Waals surface area contributed by atoms with Gasteiger partial charge in [0.2, 0.25) is 0 Å². The molecule has 5 heteroatoms. The summed E-state index contributed by atoms with van der Waals surface area (Å²) in [7, 11) is -0.487. The molecule has 0 unspecified atom stereocenters. The highest BCUT2D eigenvalue weighted by atomic mass is 19.3. The summed E-state index contributed by atoms with van der Waals surface area (Å²) >= 11 is 0. The van der Waals surface area contributed by atoms with E-state index in [1.54, 1.807) is 12.1 Å². The van der Waals surface area contributed by atoms with Crippen molar-refractivity contribution in [1.82, 2.24) is 0 Å². The fraction of sp³-hybridized carbons (Fsp3) is 0.600. The molecule has 1 saturated heterocycles. The third kappa shape index (κ3) is 1.99. The highest BCUT2D eigenvalue weighted by Crippen LogP contribution is 2.41. The standard InChI is InChI=1S/C15H19BF2O2/c1-13(2)14(3,4)20-16(19-13)11-5-6-12-10(9-11)7-8-15(12,17)18/h5-6,9H,7-8H2,1-4H3. The summed E-state index contributed by atoms with van der Waals surface area (Å²) in [6, 6.07) is 5.02. The number of hydrogen-bond donors (Lipinski definition) is 0. The van der Waals surface area contributed by atoms with Gasteiger partial charge in [0.15, 0.2) is 0 Å². The Morgan fingerprint density at radius 2 is 1.65 bits per heavy atom. The molecule has 0 N–H and O–H groups in total. The maximum Gasteiger partial charge on any atom is 0.494 e. The number of benzene rings is 1. The first-order valence-corrected chi connectivity index (χ1v) is 6.99. The van der Waals surface area contributed by atoms with E-state index in [9.17, 15) is 8.78 Å². The fourth-order valence-corrected chi connectivity index (χ4v) is 2.73. The van der Waals surface area contributed by atoms with E-state index in [2.05, 4.69) is 0 Å². The summed E-state index contributed by atoms with van der Waals surface area (Å²) in [6.07, 6.45) is 0.310. The zero-order valence-electron chi connectivity index (χ0n) is 12.3. The van der Waals surface area contributed by atoms with Crippen molar-refractivity contribution in [2.45, 2.75) is 57.7 Å². The molecule has 3 rings (SSSR count). The number of hydrogen-bond acceptors (Lipinski definition) is 2. The number of fused-ring (bicyclic) bond motifs is 1. The molecule has 108 valence electrons. The molecule has 20 heavy (non-hydrogen) atoms. The molecule has 1 heterocycles. The summed E-state index contributed by atoms with van der Waals surface area (Å²) in [5.41, 5.74) is 0.849. The molecular formula is C15H19BF2O2. The zero-order chi connectivity index (χ0) is 14.8. The van der Waals surface area contributed by atoms with E-state index in [1.165, 1.54) is 6.07 Å². The number of aryl methyl sites for hydroxylation is 1. The Kier molecular flexibility index (Phi) is 2.84. The number of alkyl halides is 2. The molecule has 1 aromatic rings. The monoisotopic (exact) mass is 280 g/mol. The molecule has 1 aromatic carbocycles. The van der Waals surface area contributed by atoms with Crippen molar-refractivity contribution < 1.29 is 18.1 Å².